The van der Waals surface area contributed by atoms with Gasteiger partial charge in [0.25, 0.3) is 5.91 Å². The smallest absolute Gasteiger partial charge is 0.251 e. The number of carbonyl (C=O) groups is 1. The summed E-state index contributed by atoms with van der Waals surface area (Å²) in [7, 11) is 1.58. The highest BCUT2D eigenvalue weighted by Crippen LogP contribution is 2.12. The van der Waals surface area contributed by atoms with Crippen LogP contribution in [-0.2, 0) is 0 Å². The first-order valence-electron chi connectivity index (χ1n) is 5.51. The number of benzene rings is 1. The first-order chi connectivity index (χ1) is 8.70. The van der Waals surface area contributed by atoms with Gasteiger partial charge in [0.2, 0.25) is 0 Å². The minimum absolute atomic E-state index is 0.165. The van der Waals surface area contributed by atoms with E-state index < -0.39 is 0 Å². The van der Waals surface area contributed by atoms with Crippen molar-refractivity contribution in [2.24, 2.45) is 0 Å². The lowest BCUT2D eigenvalue weighted by atomic mass is 10.2. The standard InChI is InChI=1S/C12H14N4O2/c1-8(11-13-7-14-16-11)15-12(17)9-3-5-10(18-2)6-4-9/h3-8H,1-2H3,(H,15,17)(H,13,14,16). The van der Waals surface area contributed by atoms with Gasteiger partial charge in [0, 0.05) is 5.56 Å². The summed E-state index contributed by atoms with van der Waals surface area (Å²) >= 11 is 0. The van der Waals surface area contributed by atoms with Crippen LogP contribution in [0, 0.1) is 0 Å². The molecular formula is C12H14N4O2. The number of methoxy groups -OCH3 is 1. The highest BCUT2D eigenvalue weighted by atomic mass is 16.5. The van der Waals surface area contributed by atoms with Crippen LogP contribution in [0.1, 0.15) is 29.1 Å². The van der Waals surface area contributed by atoms with Crippen molar-refractivity contribution >= 4 is 5.91 Å². The Balaban J connectivity index is 2.03. The SMILES string of the molecule is COc1ccc(C(=O)NC(C)c2ncn[nH]2)cc1. The third kappa shape index (κ3) is 2.65. The van der Waals surface area contributed by atoms with Crippen LogP contribution < -0.4 is 10.1 Å². The number of H-pyrrole nitrogens is 1. The van der Waals surface area contributed by atoms with E-state index in [9.17, 15) is 4.79 Å². The first kappa shape index (κ1) is 12.1. The molecule has 2 aromatic rings. The number of rotatable bonds is 4. The summed E-state index contributed by atoms with van der Waals surface area (Å²) in [5, 5.41) is 9.28. The van der Waals surface area contributed by atoms with E-state index >= 15 is 0 Å². The molecule has 1 aromatic heterocycles. The number of ether oxygens (including phenoxy) is 1. The van der Waals surface area contributed by atoms with Gasteiger partial charge in [-0.2, -0.15) is 5.10 Å². The van der Waals surface area contributed by atoms with Crippen molar-refractivity contribution in [1.82, 2.24) is 20.5 Å². The fourth-order valence-corrected chi connectivity index (χ4v) is 1.51. The van der Waals surface area contributed by atoms with Crippen LogP contribution in [0.25, 0.3) is 0 Å². The van der Waals surface area contributed by atoms with Crippen LogP contribution in [0.3, 0.4) is 0 Å². The third-order valence-electron chi connectivity index (χ3n) is 2.54. The van der Waals surface area contributed by atoms with Gasteiger partial charge in [-0.05, 0) is 31.2 Å². The van der Waals surface area contributed by atoms with Gasteiger partial charge in [-0.3, -0.25) is 9.89 Å². The topological polar surface area (TPSA) is 79.9 Å². The molecule has 0 saturated carbocycles. The number of carbonyl (C=O) groups excluding carboxylic acids is 1. The predicted molar refractivity (Wildman–Crippen MR) is 65.3 cm³/mol. The van der Waals surface area contributed by atoms with Crippen molar-refractivity contribution in [3.63, 3.8) is 0 Å². The van der Waals surface area contributed by atoms with E-state index in [1.807, 2.05) is 6.92 Å². The van der Waals surface area contributed by atoms with Gasteiger partial charge in [0.15, 0.2) is 0 Å². The zero-order valence-corrected chi connectivity index (χ0v) is 10.2. The molecule has 18 heavy (non-hydrogen) atoms. The maximum absolute atomic E-state index is 11.9. The molecule has 0 radical (unpaired) electrons. The van der Waals surface area contributed by atoms with Crippen LogP contribution in [0.2, 0.25) is 0 Å². The number of amides is 1. The normalized spacial score (nSPS) is 11.9. The molecule has 0 aliphatic heterocycles. The third-order valence-corrected chi connectivity index (χ3v) is 2.54. The lowest BCUT2D eigenvalue weighted by molar-refractivity contribution is 0.0938. The number of hydrogen-bond acceptors (Lipinski definition) is 4. The molecule has 0 aliphatic rings. The van der Waals surface area contributed by atoms with Crippen molar-refractivity contribution in [1.29, 1.82) is 0 Å². The second kappa shape index (κ2) is 5.31. The Morgan fingerprint density at radius 1 is 1.39 bits per heavy atom. The zero-order chi connectivity index (χ0) is 13.0. The summed E-state index contributed by atoms with van der Waals surface area (Å²) < 4.78 is 5.03. The molecule has 1 heterocycles. The van der Waals surface area contributed by atoms with E-state index in [1.54, 1.807) is 31.4 Å². The highest BCUT2D eigenvalue weighted by Gasteiger charge is 2.13. The second-order valence-corrected chi connectivity index (χ2v) is 3.79. The van der Waals surface area contributed by atoms with E-state index in [0.717, 1.165) is 5.75 Å². The molecule has 6 nitrogen and oxygen atoms in total. The minimum Gasteiger partial charge on any atom is -0.497 e. The van der Waals surface area contributed by atoms with E-state index in [-0.39, 0.29) is 11.9 Å². The van der Waals surface area contributed by atoms with Gasteiger partial charge < -0.3 is 10.1 Å². The monoisotopic (exact) mass is 246 g/mol. The van der Waals surface area contributed by atoms with Crippen LogP contribution >= 0.6 is 0 Å². The number of nitrogens with one attached hydrogen (secondary N) is 2. The number of aromatic nitrogens is 3. The predicted octanol–water partition coefficient (Wildman–Crippen LogP) is 1.30. The Morgan fingerprint density at radius 3 is 2.67 bits per heavy atom. The molecule has 0 bridgehead atoms. The summed E-state index contributed by atoms with van der Waals surface area (Å²) in [6, 6.07) is 6.69. The van der Waals surface area contributed by atoms with Crippen molar-refractivity contribution in [2.75, 3.05) is 7.11 Å². The Labute approximate surface area is 104 Å². The number of nitrogens with zero attached hydrogens (tertiary/aromatic N) is 2. The molecule has 0 spiro atoms. The number of aromatic amines is 1. The van der Waals surface area contributed by atoms with E-state index in [1.165, 1.54) is 6.33 Å². The quantitative estimate of drug-likeness (QED) is 0.852. The molecule has 1 atom stereocenters. The molecule has 94 valence electrons. The van der Waals surface area contributed by atoms with Gasteiger partial charge in [0.1, 0.15) is 17.9 Å². The minimum atomic E-state index is -0.220. The Kier molecular flexibility index (Phi) is 3.57. The Hall–Kier alpha value is -2.37. The molecule has 0 fully saturated rings. The second-order valence-electron chi connectivity index (χ2n) is 3.79. The lowest BCUT2D eigenvalue weighted by Gasteiger charge is -2.11. The maximum Gasteiger partial charge on any atom is 0.251 e. The van der Waals surface area contributed by atoms with Crippen molar-refractivity contribution in [3.8, 4) is 5.75 Å². The van der Waals surface area contributed by atoms with Gasteiger partial charge in [0.05, 0.1) is 13.2 Å². The van der Waals surface area contributed by atoms with E-state index in [4.69, 9.17) is 4.74 Å². The molecule has 0 saturated heterocycles. The molecule has 1 amide bonds. The summed E-state index contributed by atoms with van der Waals surface area (Å²) in [4.78, 5) is 15.9. The molecule has 0 aliphatic carbocycles. The van der Waals surface area contributed by atoms with Crippen molar-refractivity contribution < 1.29 is 9.53 Å². The summed E-state index contributed by atoms with van der Waals surface area (Å²) in [5.74, 6) is 1.17. The molecule has 1 unspecified atom stereocenters. The molecular weight excluding hydrogens is 232 g/mol. The van der Waals surface area contributed by atoms with Crippen LogP contribution in [0.5, 0.6) is 5.75 Å². The van der Waals surface area contributed by atoms with Gasteiger partial charge >= 0.3 is 0 Å². The van der Waals surface area contributed by atoms with E-state index in [2.05, 4.69) is 20.5 Å². The molecule has 6 heteroatoms. The van der Waals surface area contributed by atoms with Gasteiger partial charge in [-0.15, -0.1) is 0 Å². The highest BCUT2D eigenvalue weighted by molar-refractivity contribution is 5.94. The molecule has 2 rings (SSSR count). The van der Waals surface area contributed by atoms with E-state index in [0.29, 0.717) is 11.4 Å². The summed E-state index contributed by atoms with van der Waals surface area (Å²) in [5.41, 5.74) is 0.571. The fourth-order valence-electron chi connectivity index (χ4n) is 1.51. The van der Waals surface area contributed by atoms with Crippen LogP contribution in [-0.4, -0.2) is 28.2 Å². The van der Waals surface area contributed by atoms with Gasteiger partial charge in [-0.1, -0.05) is 0 Å². The fraction of sp³-hybridized carbons (Fsp3) is 0.250. The summed E-state index contributed by atoms with van der Waals surface area (Å²) in [6.45, 7) is 1.84. The van der Waals surface area contributed by atoms with Crippen molar-refractivity contribution in [3.05, 3.63) is 42.0 Å². The van der Waals surface area contributed by atoms with Gasteiger partial charge in [-0.25, -0.2) is 4.98 Å². The lowest BCUT2D eigenvalue weighted by Crippen LogP contribution is -2.27. The largest absolute Gasteiger partial charge is 0.497 e. The molecule has 2 N–H and O–H groups in total. The van der Waals surface area contributed by atoms with Crippen LogP contribution in [0.4, 0.5) is 0 Å². The van der Waals surface area contributed by atoms with Crippen molar-refractivity contribution in [2.45, 2.75) is 13.0 Å². The van der Waals surface area contributed by atoms with Crippen LogP contribution in [0.15, 0.2) is 30.6 Å². The first-order valence-corrected chi connectivity index (χ1v) is 5.51. The Morgan fingerprint density at radius 2 is 2.11 bits per heavy atom. The Bertz CT molecular complexity index is 507. The zero-order valence-electron chi connectivity index (χ0n) is 10.2. The average molecular weight is 246 g/mol. The molecule has 1 aromatic carbocycles. The maximum atomic E-state index is 11.9. The average Bonchev–Trinajstić information content (AvgIpc) is 2.92. The summed E-state index contributed by atoms with van der Waals surface area (Å²) in [6.07, 6.45) is 1.41. The number of hydrogen-bond donors (Lipinski definition) is 2.